The highest BCUT2D eigenvalue weighted by molar-refractivity contribution is 5.93. The number of amides is 1. The third kappa shape index (κ3) is 4.48. The predicted molar refractivity (Wildman–Crippen MR) is 117 cm³/mol. The number of anilines is 2. The normalized spacial score (nSPS) is 16.4. The highest BCUT2D eigenvalue weighted by atomic mass is 19.1. The second kappa shape index (κ2) is 8.61. The molecule has 30 heavy (non-hydrogen) atoms. The van der Waals surface area contributed by atoms with Crippen molar-refractivity contribution in [3.8, 4) is 11.1 Å². The lowest BCUT2D eigenvalue weighted by atomic mass is 9.97. The quantitative estimate of drug-likeness (QED) is 0.681. The van der Waals surface area contributed by atoms with Crippen molar-refractivity contribution in [2.45, 2.75) is 26.7 Å². The van der Waals surface area contributed by atoms with Crippen LogP contribution in [-0.2, 0) is 4.79 Å². The summed E-state index contributed by atoms with van der Waals surface area (Å²) in [7, 11) is 0. The second-order valence-corrected chi connectivity index (χ2v) is 7.86. The Morgan fingerprint density at radius 3 is 2.60 bits per heavy atom. The van der Waals surface area contributed by atoms with E-state index in [9.17, 15) is 9.18 Å². The van der Waals surface area contributed by atoms with Crippen molar-refractivity contribution < 1.29 is 9.18 Å². The number of benzene rings is 2. The summed E-state index contributed by atoms with van der Waals surface area (Å²) in [5.74, 6) is 0.218. The molecule has 6 heteroatoms. The van der Waals surface area contributed by atoms with Gasteiger partial charge in [0, 0.05) is 36.7 Å². The summed E-state index contributed by atoms with van der Waals surface area (Å²) in [6.07, 6.45) is 5.15. The van der Waals surface area contributed by atoms with Crippen molar-refractivity contribution in [1.82, 2.24) is 9.97 Å². The van der Waals surface area contributed by atoms with Gasteiger partial charge in [0.2, 0.25) is 11.9 Å². The highest BCUT2D eigenvalue weighted by Gasteiger charge is 2.27. The number of hydrogen-bond donors (Lipinski definition) is 1. The molecule has 0 spiro atoms. The zero-order chi connectivity index (χ0) is 21.1. The molecule has 2 aromatic carbocycles. The summed E-state index contributed by atoms with van der Waals surface area (Å²) in [5.41, 5.74) is 4.70. The van der Waals surface area contributed by atoms with Gasteiger partial charge in [-0.2, -0.15) is 0 Å². The van der Waals surface area contributed by atoms with Crippen LogP contribution in [0.15, 0.2) is 54.9 Å². The van der Waals surface area contributed by atoms with E-state index in [1.54, 1.807) is 18.5 Å². The largest absolute Gasteiger partial charge is 0.340 e. The Bertz CT molecular complexity index is 1050. The Morgan fingerprint density at radius 1 is 1.07 bits per heavy atom. The van der Waals surface area contributed by atoms with Gasteiger partial charge in [0.15, 0.2) is 0 Å². The van der Waals surface area contributed by atoms with Crippen molar-refractivity contribution in [2.75, 3.05) is 23.3 Å². The molecule has 1 aliphatic rings. The minimum atomic E-state index is -0.287. The number of carbonyl (C=O) groups excluding carboxylic acids is 1. The van der Waals surface area contributed by atoms with Crippen LogP contribution in [0.2, 0.25) is 0 Å². The predicted octanol–water partition coefficient (Wildman–Crippen LogP) is 4.75. The Kier molecular flexibility index (Phi) is 5.74. The van der Waals surface area contributed by atoms with Gasteiger partial charge in [-0.15, -0.1) is 0 Å². The van der Waals surface area contributed by atoms with Crippen LogP contribution in [-0.4, -0.2) is 29.0 Å². The molecule has 2 heterocycles. The maximum absolute atomic E-state index is 13.5. The zero-order valence-corrected chi connectivity index (χ0v) is 17.2. The van der Waals surface area contributed by atoms with Gasteiger partial charge in [-0.1, -0.05) is 18.2 Å². The average Bonchev–Trinajstić information content (AvgIpc) is 2.76. The number of aryl methyl sites for hydroxylation is 2. The maximum Gasteiger partial charge on any atom is 0.229 e. The van der Waals surface area contributed by atoms with Crippen LogP contribution in [0.3, 0.4) is 0 Å². The smallest absolute Gasteiger partial charge is 0.229 e. The van der Waals surface area contributed by atoms with E-state index >= 15 is 0 Å². The monoisotopic (exact) mass is 404 g/mol. The number of nitrogens with one attached hydrogen (secondary N) is 1. The average molecular weight is 404 g/mol. The number of hydrogen-bond acceptors (Lipinski definition) is 4. The number of rotatable bonds is 4. The number of piperidine rings is 1. The molecule has 1 fully saturated rings. The van der Waals surface area contributed by atoms with Crippen LogP contribution in [0.4, 0.5) is 16.0 Å². The summed E-state index contributed by atoms with van der Waals surface area (Å²) < 4.78 is 13.5. The Labute approximate surface area is 176 Å². The first-order chi connectivity index (χ1) is 14.5. The lowest BCUT2D eigenvalue weighted by Crippen LogP contribution is -2.41. The van der Waals surface area contributed by atoms with Crippen LogP contribution < -0.4 is 10.2 Å². The van der Waals surface area contributed by atoms with Gasteiger partial charge >= 0.3 is 0 Å². The van der Waals surface area contributed by atoms with Crippen LogP contribution >= 0.6 is 0 Å². The number of carbonyl (C=O) groups is 1. The van der Waals surface area contributed by atoms with Gasteiger partial charge in [-0.05, 0) is 67.6 Å². The van der Waals surface area contributed by atoms with E-state index in [1.165, 1.54) is 17.7 Å². The summed E-state index contributed by atoms with van der Waals surface area (Å²) in [5, 5.41) is 3.05. The molecule has 0 unspecified atom stereocenters. The van der Waals surface area contributed by atoms with Crippen molar-refractivity contribution in [1.29, 1.82) is 0 Å². The fraction of sp³-hybridized carbons (Fsp3) is 0.292. The Hall–Kier alpha value is -3.28. The molecule has 4 rings (SSSR count). The van der Waals surface area contributed by atoms with Crippen molar-refractivity contribution in [3.63, 3.8) is 0 Å². The number of aromatic nitrogens is 2. The Balaban J connectivity index is 1.43. The molecule has 1 atom stereocenters. The van der Waals surface area contributed by atoms with E-state index in [-0.39, 0.29) is 17.6 Å². The fourth-order valence-corrected chi connectivity index (χ4v) is 3.74. The summed E-state index contributed by atoms with van der Waals surface area (Å²) >= 11 is 0. The van der Waals surface area contributed by atoms with E-state index in [0.717, 1.165) is 41.8 Å². The van der Waals surface area contributed by atoms with E-state index < -0.39 is 0 Å². The minimum absolute atomic E-state index is 0.0272. The third-order valence-electron chi connectivity index (χ3n) is 5.65. The third-order valence-corrected chi connectivity index (χ3v) is 5.65. The second-order valence-electron chi connectivity index (χ2n) is 7.86. The van der Waals surface area contributed by atoms with Crippen LogP contribution in [0.1, 0.15) is 24.0 Å². The van der Waals surface area contributed by atoms with Gasteiger partial charge in [0.05, 0.1) is 5.92 Å². The molecule has 1 aromatic heterocycles. The minimum Gasteiger partial charge on any atom is -0.340 e. The van der Waals surface area contributed by atoms with Crippen molar-refractivity contribution in [2.24, 2.45) is 5.92 Å². The standard InChI is InChI=1S/C24H25FN4O/c1-16-8-9-22(11-17(16)2)28-23(30)19-6-4-10-29(15-19)24-26-13-20(14-27-24)18-5-3-7-21(25)12-18/h3,5,7-9,11-14,19H,4,6,10,15H2,1-2H3,(H,28,30)/t19-/m0/s1. The van der Waals surface area contributed by atoms with Gasteiger partial charge < -0.3 is 10.2 Å². The first-order valence-electron chi connectivity index (χ1n) is 10.2. The number of nitrogens with zero attached hydrogens (tertiary/aromatic N) is 3. The molecule has 154 valence electrons. The van der Waals surface area contributed by atoms with E-state index in [2.05, 4.69) is 22.2 Å². The van der Waals surface area contributed by atoms with E-state index in [4.69, 9.17) is 0 Å². The molecule has 3 aromatic rings. The zero-order valence-electron chi connectivity index (χ0n) is 17.2. The van der Waals surface area contributed by atoms with Gasteiger partial charge in [-0.3, -0.25) is 4.79 Å². The molecule has 0 bridgehead atoms. The van der Waals surface area contributed by atoms with Crippen molar-refractivity contribution in [3.05, 3.63) is 71.8 Å². The van der Waals surface area contributed by atoms with Gasteiger partial charge in [0.1, 0.15) is 5.82 Å². The molecule has 1 amide bonds. The fourth-order valence-electron chi connectivity index (χ4n) is 3.74. The highest BCUT2D eigenvalue weighted by Crippen LogP contribution is 2.24. The topological polar surface area (TPSA) is 58.1 Å². The first kappa shape index (κ1) is 20.0. The summed E-state index contributed by atoms with van der Waals surface area (Å²) in [4.78, 5) is 23.8. The lowest BCUT2D eigenvalue weighted by molar-refractivity contribution is -0.120. The molecule has 1 aliphatic heterocycles. The molecule has 0 aliphatic carbocycles. The van der Waals surface area contributed by atoms with Crippen LogP contribution in [0, 0.1) is 25.6 Å². The SMILES string of the molecule is Cc1ccc(NC(=O)[C@H]2CCCN(c3ncc(-c4cccc(F)c4)cn3)C2)cc1C. The molecule has 0 saturated carbocycles. The van der Waals surface area contributed by atoms with E-state index in [0.29, 0.717) is 12.5 Å². The van der Waals surface area contributed by atoms with Gasteiger partial charge in [-0.25, -0.2) is 14.4 Å². The lowest BCUT2D eigenvalue weighted by Gasteiger charge is -2.32. The number of halogens is 1. The maximum atomic E-state index is 13.5. The van der Waals surface area contributed by atoms with Crippen LogP contribution in [0.25, 0.3) is 11.1 Å². The molecular formula is C24H25FN4O. The Morgan fingerprint density at radius 2 is 1.87 bits per heavy atom. The van der Waals surface area contributed by atoms with Crippen LogP contribution in [0.5, 0.6) is 0 Å². The molecule has 0 radical (unpaired) electrons. The first-order valence-corrected chi connectivity index (χ1v) is 10.2. The molecular weight excluding hydrogens is 379 g/mol. The van der Waals surface area contributed by atoms with E-state index in [1.807, 2.05) is 36.1 Å². The van der Waals surface area contributed by atoms with Gasteiger partial charge in [0.25, 0.3) is 0 Å². The molecule has 1 N–H and O–H groups in total. The summed E-state index contributed by atoms with van der Waals surface area (Å²) in [6, 6.07) is 12.3. The molecule has 1 saturated heterocycles. The summed E-state index contributed by atoms with van der Waals surface area (Å²) in [6.45, 7) is 5.49. The van der Waals surface area contributed by atoms with Crippen molar-refractivity contribution >= 4 is 17.5 Å². The molecule has 5 nitrogen and oxygen atoms in total.